The van der Waals surface area contributed by atoms with Crippen LogP contribution in [0.15, 0.2) is 47.5 Å². The number of alkyl halides is 2. The summed E-state index contributed by atoms with van der Waals surface area (Å²) >= 11 is 0. The first kappa shape index (κ1) is 24.2. The van der Waals surface area contributed by atoms with Gasteiger partial charge in [0.1, 0.15) is 17.2 Å². The highest BCUT2D eigenvalue weighted by atomic mass is 19.3. The number of rotatable bonds is 11. The maximum absolute atomic E-state index is 12.2. The molecule has 31 heavy (non-hydrogen) atoms. The molecule has 0 aromatic heterocycles. The van der Waals surface area contributed by atoms with Crippen LogP contribution in [0.4, 0.5) is 8.78 Å². The van der Waals surface area contributed by atoms with Crippen molar-refractivity contribution in [3.8, 4) is 17.2 Å². The number of hydrogen-bond acceptors (Lipinski definition) is 5. The van der Waals surface area contributed by atoms with E-state index in [1.807, 2.05) is 25.1 Å². The molecule has 0 aliphatic rings. The van der Waals surface area contributed by atoms with Crippen molar-refractivity contribution in [1.82, 2.24) is 10.6 Å². The van der Waals surface area contributed by atoms with Crippen molar-refractivity contribution in [3.63, 3.8) is 0 Å². The van der Waals surface area contributed by atoms with Crippen LogP contribution in [0.2, 0.25) is 0 Å². The summed E-state index contributed by atoms with van der Waals surface area (Å²) in [6, 6.07) is 11.5. The number of methoxy groups -OCH3 is 2. The first-order chi connectivity index (χ1) is 15.0. The van der Waals surface area contributed by atoms with Crippen LogP contribution in [0, 0.1) is 0 Å². The fraction of sp³-hybridized carbons (Fsp3) is 0.409. The summed E-state index contributed by atoms with van der Waals surface area (Å²) in [6.45, 7) is 0.411. The molecule has 170 valence electrons. The largest absolute Gasteiger partial charge is 0.497 e. The molecule has 0 spiro atoms. The number of aliphatic hydroxyl groups excluding tert-OH is 1. The molecule has 7 nitrogen and oxygen atoms in total. The van der Waals surface area contributed by atoms with Gasteiger partial charge in [-0.1, -0.05) is 12.1 Å². The van der Waals surface area contributed by atoms with Crippen molar-refractivity contribution in [3.05, 3.63) is 53.6 Å². The summed E-state index contributed by atoms with van der Waals surface area (Å²) < 4.78 is 39.4. The number of aliphatic imine (C=N–C) groups is 1. The summed E-state index contributed by atoms with van der Waals surface area (Å²) in [6.07, 6.45) is -0.201. The number of guanidine groups is 1. The van der Waals surface area contributed by atoms with Crippen molar-refractivity contribution in [1.29, 1.82) is 0 Å². The number of benzene rings is 2. The minimum atomic E-state index is -2.88. The van der Waals surface area contributed by atoms with Crippen molar-refractivity contribution < 1.29 is 28.1 Å². The standard InChI is InChI=1S/C22H29F2N3O4/c1-4-25-22(26-12-11-16-13-18(29-2)9-10-20(16)30-3)27-14-19(28)15-5-7-17(8-6-15)31-21(23)24/h5-10,13,19,21,28H,4,11-12,14H2,1-3H3,(H2,25,26,27). The Morgan fingerprint density at radius 1 is 1.03 bits per heavy atom. The average Bonchev–Trinajstić information content (AvgIpc) is 2.77. The summed E-state index contributed by atoms with van der Waals surface area (Å²) in [4.78, 5) is 4.41. The first-order valence-corrected chi connectivity index (χ1v) is 9.92. The molecular formula is C22H29F2N3O4. The van der Waals surface area contributed by atoms with Gasteiger partial charge in [-0.15, -0.1) is 0 Å². The Labute approximate surface area is 181 Å². The highest BCUT2D eigenvalue weighted by Gasteiger charge is 2.10. The second-order valence-corrected chi connectivity index (χ2v) is 6.54. The van der Waals surface area contributed by atoms with Crippen LogP contribution in [-0.4, -0.2) is 51.5 Å². The lowest BCUT2D eigenvalue weighted by molar-refractivity contribution is -0.0498. The number of halogens is 2. The topological polar surface area (TPSA) is 84.3 Å². The van der Waals surface area contributed by atoms with Crippen LogP contribution in [0.5, 0.6) is 17.2 Å². The van der Waals surface area contributed by atoms with Crippen LogP contribution in [0.3, 0.4) is 0 Å². The number of hydrogen-bond donors (Lipinski definition) is 3. The molecule has 2 rings (SSSR count). The summed E-state index contributed by atoms with van der Waals surface area (Å²) in [7, 11) is 3.24. The van der Waals surface area contributed by atoms with E-state index < -0.39 is 12.7 Å². The lowest BCUT2D eigenvalue weighted by atomic mass is 10.1. The molecule has 0 amide bonds. The van der Waals surface area contributed by atoms with E-state index in [1.165, 1.54) is 24.3 Å². The highest BCUT2D eigenvalue weighted by Crippen LogP contribution is 2.24. The number of aliphatic hydroxyl groups is 1. The number of ether oxygens (including phenoxy) is 3. The van der Waals surface area contributed by atoms with Crippen molar-refractivity contribution in [2.75, 3.05) is 33.9 Å². The van der Waals surface area contributed by atoms with Gasteiger partial charge < -0.3 is 30.0 Å². The Balaban J connectivity index is 1.94. The molecular weight excluding hydrogens is 408 g/mol. The van der Waals surface area contributed by atoms with Gasteiger partial charge in [-0.3, -0.25) is 4.99 Å². The zero-order valence-corrected chi connectivity index (χ0v) is 17.9. The van der Waals surface area contributed by atoms with Gasteiger partial charge in [0.25, 0.3) is 0 Å². The Morgan fingerprint density at radius 3 is 2.35 bits per heavy atom. The van der Waals surface area contributed by atoms with Crippen LogP contribution >= 0.6 is 0 Å². The third-order valence-corrected chi connectivity index (χ3v) is 4.43. The van der Waals surface area contributed by atoms with Gasteiger partial charge in [-0.25, -0.2) is 0 Å². The fourth-order valence-corrected chi connectivity index (χ4v) is 2.89. The normalized spacial score (nSPS) is 12.4. The van der Waals surface area contributed by atoms with Crippen LogP contribution in [-0.2, 0) is 6.42 Å². The van der Waals surface area contributed by atoms with Gasteiger partial charge in [0.2, 0.25) is 0 Å². The average molecular weight is 437 g/mol. The highest BCUT2D eigenvalue weighted by molar-refractivity contribution is 5.79. The number of nitrogens with zero attached hydrogens (tertiary/aromatic N) is 1. The lowest BCUT2D eigenvalue weighted by Crippen LogP contribution is -2.38. The second kappa shape index (κ2) is 12.6. The van der Waals surface area contributed by atoms with Gasteiger partial charge in [0.15, 0.2) is 5.96 Å². The third-order valence-electron chi connectivity index (χ3n) is 4.43. The van der Waals surface area contributed by atoms with E-state index >= 15 is 0 Å². The fourth-order valence-electron chi connectivity index (χ4n) is 2.89. The van der Waals surface area contributed by atoms with E-state index in [-0.39, 0.29) is 12.3 Å². The van der Waals surface area contributed by atoms with Crippen LogP contribution < -0.4 is 24.8 Å². The predicted molar refractivity (Wildman–Crippen MR) is 115 cm³/mol. The van der Waals surface area contributed by atoms with E-state index in [9.17, 15) is 13.9 Å². The monoisotopic (exact) mass is 437 g/mol. The Hall–Kier alpha value is -3.07. The summed E-state index contributed by atoms with van der Waals surface area (Å²) in [5.74, 6) is 2.13. The van der Waals surface area contributed by atoms with E-state index in [0.717, 1.165) is 17.1 Å². The van der Waals surface area contributed by atoms with E-state index in [1.54, 1.807) is 14.2 Å². The minimum absolute atomic E-state index is 0.0393. The quantitative estimate of drug-likeness (QED) is 0.370. The maximum Gasteiger partial charge on any atom is 0.387 e. The predicted octanol–water partition coefficient (Wildman–Crippen LogP) is 3.14. The van der Waals surface area contributed by atoms with Crippen LogP contribution in [0.1, 0.15) is 24.2 Å². The van der Waals surface area contributed by atoms with Gasteiger partial charge in [-0.05, 0) is 54.8 Å². The van der Waals surface area contributed by atoms with Crippen molar-refractivity contribution in [2.45, 2.75) is 26.1 Å². The maximum atomic E-state index is 12.2. The second-order valence-electron chi connectivity index (χ2n) is 6.54. The molecule has 2 aromatic carbocycles. The Morgan fingerprint density at radius 2 is 1.74 bits per heavy atom. The molecule has 0 fully saturated rings. The zero-order valence-electron chi connectivity index (χ0n) is 17.9. The summed E-state index contributed by atoms with van der Waals surface area (Å²) in [5, 5.41) is 16.7. The Bertz CT molecular complexity index is 832. The molecule has 0 aliphatic carbocycles. The smallest absolute Gasteiger partial charge is 0.387 e. The SMILES string of the molecule is CCNC(=NCC(O)c1ccc(OC(F)F)cc1)NCCc1cc(OC)ccc1OC. The molecule has 0 radical (unpaired) electrons. The van der Waals surface area contributed by atoms with Gasteiger partial charge in [-0.2, -0.15) is 8.78 Å². The van der Waals surface area contributed by atoms with E-state index in [2.05, 4.69) is 20.4 Å². The molecule has 0 heterocycles. The first-order valence-electron chi connectivity index (χ1n) is 9.92. The molecule has 2 aromatic rings. The van der Waals surface area contributed by atoms with Crippen LogP contribution in [0.25, 0.3) is 0 Å². The minimum Gasteiger partial charge on any atom is -0.497 e. The van der Waals surface area contributed by atoms with Gasteiger partial charge in [0, 0.05) is 13.1 Å². The summed E-state index contributed by atoms with van der Waals surface area (Å²) in [5.41, 5.74) is 1.55. The third kappa shape index (κ3) is 7.93. The molecule has 0 bridgehead atoms. The van der Waals surface area contributed by atoms with Crippen molar-refractivity contribution in [2.24, 2.45) is 4.99 Å². The molecule has 0 saturated heterocycles. The molecule has 1 atom stereocenters. The van der Waals surface area contributed by atoms with E-state index in [4.69, 9.17) is 9.47 Å². The van der Waals surface area contributed by atoms with Gasteiger partial charge in [0.05, 0.1) is 26.9 Å². The molecule has 9 heteroatoms. The Kier molecular flexibility index (Phi) is 9.83. The molecule has 0 saturated carbocycles. The van der Waals surface area contributed by atoms with Gasteiger partial charge >= 0.3 is 6.61 Å². The van der Waals surface area contributed by atoms with Crippen molar-refractivity contribution >= 4 is 5.96 Å². The van der Waals surface area contributed by atoms with E-state index in [0.29, 0.717) is 31.0 Å². The molecule has 3 N–H and O–H groups in total. The zero-order chi connectivity index (χ0) is 22.6. The molecule has 0 aliphatic heterocycles. The number of nitrogens with one attached hydrogen (secondary N) is 2. The lowest BCUT2D eigenvalue weighted by Gasteiger charge is -2.15. The molecule has 1 unspecified atom stereocenters.